The molecule has 0 aromatic carbocycles. The number of hydrogen-bond donors (Lipinski definition) is 4. The van der Waals surface area contributed by atoms with Crippen molar-refractivity contribution in [2.24, 2.45) is 0 Å². The van der Waals surface area contributed by atoms with E-state index in [1.54, 1.807) is 0 Å². The molecule has 11 nitrogen and oxygen atoms in total. The standard InChI is InChI=1S/C23H44O11S.Na/c1-2-3-4-5-6-7-8-9-10-11-12-13-19(25)32-14-17(24)15-33-23-22(28)21(27)20(26)18(34-23)16-35(29,30)31;/h17-18,20-24,26-28H,2-16H2,1H3,(H,29,30,31);/q;+1/p-1/t17?,18-,20-,21+,22+,23+;/m1./s1. The van der Waals surface area contributed by atoms with Crippen molar-refractivity contribution >= 4 is 16.1 Å². The number of rotatable bonds is 19. The monoisotopic (exact) mass is 550 g/mol. The first-order chi connectivity index (χ1) is 16.5. The molecule has 0 saturated carbocycles. The minimum Gasteiger partial charge on any atom is -0.748 e. The SMILES string of the molecule is CCCCCCCCCCCCCC(=O)OCC(O)CO[C@H]1O[C@H](CS(=O)(=O)[O-])[C@@H](O)[C@H](O)[C@@H]1O.[Na+]. The summed E-state index contributed by atoms with van der Waals surface area (Å²) in [5.74, 6) is -1.58. The Labute approximate surface area is 236 Å². The zero-order valence-corrected chi connectivity index (χ0v) is 24.4. The van der Waals surface area contributed by atoms with Crippen LogP contribution in [0.5, 0.6) is 0 Å². The van der Waals surface area contributed by atoms with Gasteiger partial charge in [0, 0.05) is 6.42 Å². The summed E-state index contributed by atoms with van der Waals surface area (Å²) in [5, 5.41) is 39.5. The van der Waals surface area contributed by atoms with E-state index in [4.69, 9.17) is 14.2 Å². The number of aliphatic hydroxyl groups is 4. The fourth-order valence-corrected chi connectivity index (χ4v) is 4.52. The number of carbonyl (C=O) groups excluding carboxylic acids is 1. The van der Waals surface area contributed by atoms with Crippen LogP contribution >= 0.6 is 0 Å². The molecule has 0 bridgehead atoms. The van der Waals surface area contributed by atoms with E-state index in [-0.39, 0.29) is 42.6 Å². The summed E-state index contributed by atoms with van der Waals surface area (Å²) in [4.78, 5) is 11.8. The van der Waals surface area contributed by atoms with Gasteiger partial charge in [-0.2, -0.15) is 0 Å². The molecule has 0 aliphatic carbocycles. The Morgan fingerprint density at radius 2 is 1.42 bits per heavy atom. The second kappa shape index (κ2) is 20.1. The predicted octanol–water partition coefficient (Wildman–Crippen LogP) is -2.03. The minimum atomic E-state index is -4.78. The van der Waals surface area contributed by atoms with E-state index in [0.29, 0.717) is 6.42 Å². The largest absolute Gasteiger partial charge is 1.00 e. The van der Waals surface area contributed by atoms with Crippen LogP contribution in [0.3, 0.4) is 0 Å². The summed E-state index contributed by atoms with van der Waals surface area (Å²) in [5.41, 5.74) is 0. The van der Waals surface area contributed by atoms with Crippen molar-refractivity contribution in [2.45, 2.75) is 121 Å². The Kier molecular flexibility index (Phi) is 20.2. The van der Waals surface area contributed by atoms with E-state index in [9.17, 15) is 38.2 Å². The third-order valence-corrected chi connectivity index (χ3v) is 6.65. The zero-order chi connectivity index (χ0) is 26.3. The van der Waals surface area contributed by atoms with Gasteiger partial charge in [-0.1, -0.05) is 71.1 Å². The Bertz CT molecular complexity index is 679. The second-order valence-corrected chi connectivity index (χ2v) is 10.6. The molecular formula is C23H43NaO11S. The van der Waals surface area contributed by atoms with Gasteiger partial charge in [-0.3, -0.25) is 4.79 Å². The van der Waals surface area contributed by atoms with E-state index in [2.05, 4.69) is 6.92 Å². The van der Waals surface area contributed by atoms with E-state index < -0.39 is 65.3 Å². The van der Waals surface area contributed by atoms with Gasteiger partial charge in [0.2, 0.25) is 0 Å². The smallest absolute Gasteiger partial charge is 0.748 e. The first kappa shape index (κ1) is 36.1. The maximum absolute atomic E-state index is 11.8. The van der Waals surface area contributed by atoms with Gasteiger partial charge in [-0.15, -0.1) is 0 Å². The number of carbonyl (C=O) groups is 1. The molecule has 36 heavy (non-hydrogen) atoms. The number of unbranched alkanes of at least 4 members (excludes halogenated alkanes) is 10. The average molecular weight is 551 g/mol. The summed E-state index contributed by atoms with van der Waals surface area (Å²) < 4.78 is 48.0. The van der Waals surface area contributed by atoms with E-state index in [1.165, 1.54) is 44.9 Å². The first-order valence-electron chi connectivity index (χ1n) is 12.6. The summed E-state index contributed by atoms with van der Waals surface area (Å²) in [6.07, 6.45) is 3.20. The van der Waals surface area contributed by atoms with Crippen molar-refractivity contribution in [1.82, 2.24) is 0 Å². The molecule has 0 aromatic rings. The normalized spacial score (nSPS) is 25.2. The fourth-order valence-electron chi connectivity index (χ4n) is 3.84. The van der Waals surface area contributed by atoms with E-state index in [0.717, 1.165) is 19.3 Å². The van der Waals surface area contributed by atoms with Gasteiger partial charge in [0.25, 0.3) is 0 Å². The fraction of sp³-hybridized carbons (Fsp3) is 0.957. The summed E-state index contributed by atoms with van der Waals surface area (Å²) in [7, 11) is -4.78. The molecule has 13 heteroatoms. The molecule has 1 aliphatic rings. The maximum Gasteiger partial charge on any atom is 1.00 e. The molecule has 1 aliphatic heterocycles. The molecule has 1 heterocycles. The molecule has 1 saturated heterocycles. The first-order valence-corrected chi connectivity index (χ1v) is 14.2. The van der Waals surface area contributed by atoms with Gasteiger partial charge in [0.15, 0.2) is 6.29 Å². The molecule has 0 aromatic heterocycles. The summed E-state index contributed by atoms with van der Waals surface area (Å²) >= 11 is 0. The van der Waals surface area contributed by atoms with Crippen molar-refractivity contribution in [3.8, 4) is 0 Å². The van der Waals surface area contributed by atoms with Crippen LogP contribution in [0.1, 0.15) is 84.0 Å². The third-order valence-electron chi connectivity index (χ3n) is 5.91. The molecule has 0 radical (unpaired) electrons. The Morgan fingerprint density at radius 1 is 0.889 bits per heavy atom. The van der Waals surface area contributed by atoms with Gasteiger partial charge in [-0.05, 0) is 6.42 Å². The van der Waals surface area contributed by atoms with Crippen LogP contribution in [0.15, 0.2) is 0 Å². The molecule has 1 rings (SSSR count). The van der Waals surface area contributed by atoms with Crippen molar-refractivity contribution in [3.63, 3.8) is 0 Å². The maximum atomic E-state index is 11.8. The minimum absolute atomic E-state index is 0. The number of ether oxygens (including phenoxy) is 3. The molecule has 4 N–H and O–H groups in total. The predicted molar refractivity (Wildman–Crippen MR) is 125 cm³/mol. The van der Waals surface area contributed by atoms with Crippen LogP contribution < -0.4 is 29.6 Å². The second-order valence-electron chi connectivity index (χ2n) is 9.19. The van der Waals surface area contributed by atoms with Crippen LogP contribution in [0.25, 0.3) is 0 Å². The summed E-state index contributed by atoms with van der Waals surface area (Å²) in [6.45, 7) is 1.38. The van der Waals surface area contributed by atoms with E-state index in [1.807, 2.05) is 0 Å². The molecule has 1 unspecified atom stereocenters. The van der Waals surface area contributed by atoms with Gasteiger partial charge >= 0.3 is 35.5 Å². The van der Waals surface area contributed by atoms with Crippen molar-refractivity contribution in [3.05, 3.63) is 0 Å². The van der Waals surface area contributed by atoms with Crippen LogP contribution in [-0.2, 0) is 29.1 Å². The van der Waals surface area contributed by atoms with Gasteiger partial charge < -0.3 is 39.2 Å². The number of aliphatic hydroxyl groups excluding tert-OH is 4. The van der Waals surface area contributed by atoms with Gasteiger partial charge in [0.1, 0.15) is 37.1 Å². The van der Waals surface area contributed by atoms with Crippen molar-refractivity contribution < 1.29 is 82.0 Å². The summed E-state index contributed by atoms with van der Waals surface area (Å²) in [6, 6.07) is 0. The molecule has 208 valence electrons. The molecule has 6 atom stereocenters. The Morgan fingerprint density at radius 3 is 1.94 bits per heavy atom. The molecule has 0 amide bonds. The van der Waals surface area contributed by atoms with Crippen molar-refractivity contribution in [1.29, 1.82) is 0 Å². The molecular weight excluding hydrogens is 507 g/mol. The number of esters is 1. The van der Waals surface area contributed by atoms with Gasteiger partial charge in [-0.25, -0.2) is 8.42 Å². The van der Waals surface area contributed by atoms with Gasteiger partial charge in [0.05, 0.1) is 22.5 Å². The van der Waals surface area contributed by atoms with Crippen LogP contribution in [0.2, 0.25) is 0 Å². The average Bonchev–Trinajstić information content (AvgIpc) is 2.80. The van der Waals surface area contributed by atoms with Crippen LogP contribution in [0, 0.1) is 0 Å². The topological polar surface area (TPSA) is 183 Å². The van der Waals surface area contributed by atoms with E-state index >= 15 is 0 Å². The quantitative estimate of drug-likeness (QED) is 0.0602. The Hall–Kier alpha value is 0.140. The van der Waals surface area contributed by atoms with Crippen LogP contribution in [-0.4, -0.2) is 95.1 Å². The molecule has 0 spiro atoms. The third kappa shape index (κ3) is 16.2. The Balaban J connectivity index is 0.0000122. The number of hydrogen-bond acceptors (Lipinski definition) is 11. The van der Waals surface area contributed by atoms with Crippen LogP contribution in [0.4, 0.5) is 0 Å². The molecule has 1 fully saturated rings. The zero-order valence-electron chi connectivity index (χ0n) is 21.6. The van der Waals surface area contributed by atoms with Crippen molar-refractivity contribution in [2.75, 3.05) is 19.0 Å².